The van der Waals surface area contributed by atoms with Crippen molar-refractivity contribution in [2.45, 2.75) is 37.6 Å². The van der Waals surface area contributed by atoms with E-state index in [2.05, 4.69) is 21.3 Å². The summed E-state index contributed by atoms with van der Waals surface area (Å²) < 4.78 is 37.8. The van der Waals surface area contributed by atoms with Crippen molar-refractivity contribution in [3.63, 3.8) is 0 Å². The standard InChI is InChI=1S/C19H23N3O2S.C2HF3O2/c23-19(12-15-5-11-25-14-15)21-7-3-17-18(4-8-21)24-10-9-22(17)16-2-1-6-20-13-16;3-2(4,5)1(6)7/h1-2,5-6,11,13-14,17-18H,3-4,7-10,12H2;(H,6,7). The van der Waals surface area contributed by atoms with Crippen LogP contribution in [0, 0.1) is 0 Å². The van der Waals surface area contributed by atoms with Gasteiger partial charge in [-0.05, 0) is 47.4 Å². The zero-order valence-electron chi connectivity index (χ0n) is 17.2. The Balaban J connectivity index is 0.000000360. The highest BCUT2D eigenvalue weighted by atomic mass is 32.1. The van der Waals surface area contributed by atoms with Crippen molar-refractivity contribution < 1.29 is 32.6 Å². The number of amides is 1. The van der Waals surface area contributed by atoms with Crippen molar-refractivity contribution in [1.29, 1.82) is 0 Å². The molecule has 174 valence electrons. The molecule has 0 bridgehead atoms. The van der Waals surface area contributed by atoms with E-state index < -0.39 is 12.1 Å². The van der Waals surface area contributed by atoms with Crippen molar-refractivity contribution >= 4 is 28.9 Å². The number of hydrogen-bond acceptors (Lipinski definition) is 6. The fourth-order valence-corrected chi connectivity index (χ4v) is 4.52. The third kappa shape index (κ3) is 6.42. The maximum Gasteiger partial charge on any atom is 0.490 e. The molecule has 1 N–H and O–H groups in total. The van der Waals surface area contributed by atoms with Gasteiger partial charge in [0.25, 0.3) is 0 Å². The predicted molar refractivity (Wildman–Crippen MR) is 113 cm³/mol. The van der Waals surface area contributed by atoms with E-state index >= 15 is 0 Å². The lowest BCUT2D eigenvalue weighted by Crippen LogP contribution is -2.51. The number of nitrogens with zero attached hydrogens (tertiary/aromatic N) is 3. The molecule has 11 heteroatoms. The first-order valence-corrected chi connectivity index (χ1v) is 11.1. The van der Waals surface area contributed by atoms with Gasteiger partial charge in [0.05, 0.1) is 37.1 Å². The van der Waals surface area contributed by atoms with E-state index in [4.69, 9.17) is 14.6 Å². The second kappa shape index (κ2) is 10.8. The normalized spacial score (nSPS) is 21.1. The maximum absolute atomic E-state index is 12.6. The Morgan fingerprint density at radius 2 is 1.97 bits per heavy atom. The molecular formula is C21H24F3N3O4S. The fourth-order valence-electron chi connectivity index (χ4n) is 3.85. The van der Waals surface area contributed by atoms with Gasteiger partial charge in [-0.3, -0.25) is 9.78 Å². The second-order valence-electron chi connectivity index (χ2n) is 7.45. The van der Waals surface area contributed by atoms with Crippen LogP contribution in [0.15, 0.2) is 41.4 Å². The molecule has 0 aromatic carbocycles. The summed E-state index contributed by atoms with van der Waals surface area (Å²) in [7, 11) is 0. The minimum absolute atomic E-state index is 0.188. The van der Waals surface area contributed by atoms with Crippen molar-refractivity contribution in [2.75, 3.05) is 31.1 Å². The molecule has 2 saturated heterocycles. The molecule has 2 aromatic heterocycles. The summed E-state index contributed by atoms with van der Waals surface area (Å²) in [5, 5.41) is 11.2. The number of alkyl halides is 3. The highest BCUT2D eigenvalue weighted by Crippen LogP contribution is 2.28. The van der Waals surface area contributed by atoms with Gasteiger partial charge in [-0.25, -0.2) is 4.79 Å². The van der Waals surface area contributed by atoms with E-state index in [0.717, 1.165) is 50.3 Å². The number of morpholine rings is 1. The monoisotopic (exact) mass is 471 g/mol. The number of anilines is 1. The van der Waals surface area contributed by atoms with E-state index in [-0.39, 0.29) is 12.0 Å². The van der Waals surface area contributed by atoms with Gasteiger partial charge in [0.1, 0.15) is 0 Å². The summed E-state index contributed by atoms with van der Waals surface area (Å²) in [6.45, 7) is 3.20. The van der Waals surface area contributed by atoms with Crippen molar-refractivity contribution in [1.82, 2.24) is 9.88 Å². The third-order valence-electron chi connectivity index (χ3n) is 5.38. The number of carbonyl (C=O) groups is 2. The summed E-state index contributed by atoms with van der Waals surface area (Å²) in [4.78, 5) is 30.2. The number of hydrogen-bond donors (Lipinski definition) is 1. The number of pyridine rings is 1. The number of ether oxygens (including phenoxy) is 1. The van der Waals surface area contributed by atoms with Crippen LogP contribution < -0.4 is 4.90 Å². The molecule has 0 aliphatic carbocycles. The summed E-state index contributed by atoms with van der Waals surface area (Å²) in [5.41, 5.74) is 2.27. The van der Waals surface area contributed by atoms with Crippen molar-refractivity contribution in [3.05, 3.63) is 46.9 Å². The number of carboxylic acid groups (broad SMARTS) is 1. The summed E-state index contributed by atoms with van der Waals surface area (Å²) >= 11 is 1.64. The lowest BCUT2D eigenvalue weighted by Gasteiger charge is -2.41. The largest absolute Gasteiger partial charge is 0.490 e. The number of carbonyl (C=O) groups excluding carboxylic acids is 1. The number of thiophene rings is 1. The smallest absolute Gasteiger partial charge is 0.475 e. The minimum Gasteiger partial charge on any atom is -0.475 e. The van der Waals surface area contributed by atoms with Crippen LogP contribution in [0.2, 0.25) is 0 Å². The third-order valence-corrected chi connectivity index (χ3v) is 6.11. The molecule has 2 atom stereocenters. The van der Waals surface area contributed by atoms with Crippen LogP contribution in [-0.4, -0.2) is 71.4 Å². The summed E-state index contributed by atoms with van der Waals surface area (Å²) in [6, 6.07) is 6.44. The van der Waals surface area contributed by atoms with E-state index in [0.29, 0.717) is 12.5 Å². The SMILES string of the molecule is O=C(Cc1ccsc1)N1CCC2OCCN(c3cccnc3)C2CC1.O=C(O)C(F)(F)F. The van der Waals surface area contributed by atoms with Gasteiger partial charge >= 0.3 is 12.1 Å². The lowest BCUT2D eigenvalue weighted by atomic mass is 10.0. The van der Waals surface area contributed by atoms with Crippen LogP contribution in [0.25, 0.3) is 0 Å². The summed E-state index contributed by atoms with van der Waals surface area (Å²) in [6.07, 6.45) is 1.18. The molecule has 0 spiro atoms. The average molecular weight is 472 g/mol. The molecule has 0 radical (unpaired) electrons. The number of aliphatic carboxylic acids is 1. The molecule has 2 aliphatic rings. The van der Waals surface area contributed by atoms with E-state index in [9.17, 15) is 18.0 Å². The van der Waals surface area contributed by atoms with Crippen LogP contribution in [-0.2, 0) is 20.7 Å². The van der Waals surface area contributed by atoms with E-state index in [1.165, 1.54) is 0 Å². The number of fused-ring (bicyclic) bond motifs is 1. The highest BCUT2D eigenvalue weighted by Gasteiger charge is 2.38. The molecule has 1 amide bonds. The number of halogens is 3. The molecule has 4 rings (SSSR count). The number of rotatable bonds is 3. The Labute approximate surface area is 187 Å². The molecule has 2 aliphatic heterocycles. The number of likely N-dealkylation sites (tertiary alicyclic amines) is 1. The Hall–Kier alpha value is -2.66. The van der Waals surface area contributed by atoms with Crippen LogP contribution in [0.5, 0.6) is 0 Å². The Kier molecular flexibility index (Phi) is 8.08. The molecule has 0 saturated carbocycles. The average Bonchev–Trinajstić information content (AvgIpc) is 3.17. The topological polar surface area (TPSA) is 83.0 Å². The van der Waals surface area contributed by atoms with E-state index in [1.807, 2.05) is 28.6 Å². The van der Waals surface area contributed by atoms with Crippen LogP contribution in [0.1, 0.15) is 18.4 Å². The van der Waals surface area contributed by atoms with Crippen molar-refractivity contribution in [2.24, 2.45) is 0 Å². The first-order chi connectivity index (χ1) is 15.3. The molecule has 4 heterocycles. The van der Waals surface area contributed by atoms with Gasteiger partial charge in [-0.2, -0.15) is 24.5 Å². The van der Waals surface area contributed by atoms with Gasteiger partial charge in [-0.15, -0.1) is 0 Å². The zero-order chi connectivity index (χ0) is 23.1. The maximum atomic E-state index is 12.6. The quantitative estimate of drug-likeness (QED) is 0.740. The fraction of sp³-hybridized carbons (Fsp3) is 0.476. The van der Waals surface area contributed by atoms with Gasteiger partial charge in [0.15, 0.2) is 0 Å². The highest BCUT2D eigenvalue weighted by molar-refractivity contribution is 7.08. The molecule has 2 aromatic rings. The van der Waals surface area contributed by atoms with Crippen LogP contribution in [0.3, 0.4) is 0 Å². The van der Waals surface area contributed by atoms with Gasteiger partial charge in [0, 0.05) is 25.8 Å². The Morgan fingerprint density at radius 1 is 1.22 bits per heavy atom. The molecule has 32 heavy (non-hydrogen) atoms. The predicted octanol–water partition coefficient (Wildman–Crippen LogP) is 3.22. The van der Waals surface area contributed by atoms with Gasteiger partial charge < -0.3 is 19.6 Å². The first-order valence-electron chi connectivity index (χ1n) is 10.1. The first kappa shape index (κ1) is 24.0. The minimum atomic E-state index is -5.08. The molecule has 2 fully saturated rings. The number of carboxylic acids is 1. The van der Waals surface area contributed by atoms with Crippen LogP contribution in [0.4, 0.5) is 18.9 Å². The second-order valence-corrected chi connectivity index (χ2v) is 8.23. The van der Waals surface area contributed by atoms with Crippen LogP contribution >= 0.6 is 11.3 Å². The molecule has 2 unspecified atom stereocenters. The number of aromatic nitrogens is 1. The van der Waals surface area contributed by atoms with Gasteiger partial charge in [-0.1, -0.05) is 0 Å². The summed E-state index contributed by atoms with van der Waals surface area (Å²) in [5.74, 6) is -2.53. The zero-order valence-corrected chi connectivity index (χ0v) is 18.0. The Morgan fingerprint density at radius 3 is 2.59 bits per heavy atom. The van der Waals surface area contributed by atoms with Gasteiger partial charge in [0.2, 0.25) is 5.91 Å². The van der Waals surface area contributed by atoms with E-state index in [1.54, 1.807) is 17.5 Å². The molecule has 7 nitrogen and oxygen atoms in total. The lowest BCUT2D eigenvalue weighted by molar-refractivity contribution is -0.192. The molecular weight excluding hydrogens is 447 g/mol. The Bertz CT molecular complexity index is 880. The van der Waals surface area contributed by atoms with Crippen molar-refractivity contribution in [3.8, 4) is 0 Å².